The average Bonchev–Trinajstić information content (AvgIpc) is 2.70. The Balaban J connectivity index is 2.94. The highest BCUT2D eigenvalue weighted by Gasteiger charge is 2.38. The number of halogens is 3. The van der Waals surface area contributed by atoms with Crippen molar-refractivity contribution in [2.75, 3.05) is 6.26 Å². The maximum atomic E-state index is 13.2. The second-order valence-electron chi connectivity index (χ2n) is 4.26. The highest BCUT2D eigenvalue weighted by molar-refractivity contribution is 8.00. The number of aromatic amines is 1. The molecule has 2 heterocycles. The second kappa shape index (κ2) is 4.82. The van der Waals surface area contributed by atoms with E-state index in [1.807, 2.05) is 0 Å². The average molecular weight is 308 g/mol. The molecule has 0 saturated heterocycles. The Morgan fingerprint density at radius 1 is 1.37 bits per heavy atom. The van der Waals surface area contributed by atoms with Crippen LogP contribution >= 0.6 is 23.1 Å². The van der Waals surface area contributed by atoms with Crippen LogP contribution in [0.2, 0.25) is 0 Å². The summed E-state index contributed by atoms with van der Waals surface area (Å²) in [7, 11) is 0. The Bertz CT molecular complexity index is 673. The molecule has 2 aromatic heterocycles. The van der Waals surface area contributed by atoms with Gasteiger partial charge in [0, 0.05) is 5.69 Å². The number of nitrogens with one attached hydrogen (secondary N) is 1. The topological polar surface area (TPSA) is 45.8 Å². The van der Waals surface area contributed by atoms with E-state index < -0.39 is 23.2 Å². The molecule has 0 aliphatic heterocycles. The highest BCUT2D eigenvalue weighted by Crippen LogP contribution is 2.41. The van der Waals surface area contributed by atoms with E-state index in [9.17, 15) is 18.0 Å². The zero-order valence-corrected chi connectivity index (χ0v) is 12.0. The molecule has 8 heteroatoms. The fraction of sp³-hybridized carbons (Fsp3) is 0.455. The largest absolute Gasteiger partial charge is 0.419 e. The van der Waals surface area contributed by atoms with Crippen molar-refractivity contribution < 1.29 is 13.2 Å². The third-order valence-corrected chi connectivity index (χ3v) is 4.66. The number of alkyl halides is 3. The summed E-state index contributed by atoms with van der Waals surface area (Å²) in [5, 5.41) is 0. The highest BCUT2D eigenvalue weighted by atomic mass is 32.2. The number of hydrogen-bond acceptors (Lipinski definition) is 4. The molecule has 0 fully saturated rings. The van der Waals surface area contributed by atoms with E-state index in [0.717, 1.165) is 11.3 Å². The Morgan fingerprint density at radius 3 is 2.47 bits per heavy atom. The van der Waals surface area contributed by atoms with Crippen molar-refractivity contribution in [3.8, 4) is 0 Å². The number of pyridine rings is 1. The van der Waals surface area contributed by atoms with E-state index in [1.54, 1.807) is 20.1 Å². The first-order valence-electron chi connectivity index (χ1n) is 5.43. The molecule has 1 N–H and O–H groups in total. The van der Waals surface area contributed by atoms with Gasteiger partial charge in [0.2, 0.25) is 0 Å². The summed E-state index contributed by atoms with van der Waals surface area (Å²) >= 11 is 2.13. The number of thiazole rings is 1. The SMILES string of the molecule is CSc1nc2c(=O)[nH]c(C(C)C)c(C(F)(F)F)c2s1. The van der Waals surface area contributed by atoms with Gasteiger partial charge in [0.15, 0.2) is 4.34 Å². The van der Waals surface area contributed by atoms with Crippen LogP contribution in [0.15, 0.2) is 9.13 Å². The van der Waals surface area contributed by atoms with Gasteiger partial charge in [0.1, 0.15) is 5.52 Å². The van der Waals surface area contributed by atoms with Gasteiger partial charge in [0.25, 0.3) is 5.56 Å². The Labute approximate surface area is 115 Å². The molecule has 0 bridgehead atoms. The summed E-state index contributed by atoms with van der Waals surface area (Å²) in [5.74, 6) is -0.423. The lowest BCUT2D eigenvalue weighted by Crippen LogP contribution is -2.19. The van der Waals surface area contributed by atoms with E-state index in [0.29, 0.717) is 4.34 Å². The van der Waals surface area contributed by atoms with Crippen molar-refractivity contribution in [1.82, 2.24) is 9.97 Å². The summed E-state index contributed by atoms with van der Waals surface area (Å²) in [6, 6.07) is 0. The lowest BCUT2D eigenvalue weighted by molar-refractivity contribution is -0.137. The van der Waals surface area contributed by atoms with Crippen LogP contribution < -0.4 is 5.56 Å². The van der Waals surface area contributed by atoms with Gasteiger partial charge in [-0.3, -0.25) is 4.79 Å². The van der Waals surface area contributed by atoms with Gasteiger partial charge in [0.05, 0.1) is 10.3 Å². The first kappa shape index (κ1) is 14.4. The molecule has 3 nitrogen and oxygen atoms in total. The standard InChI is InChI=1S/C11H11F3N2OS2/c1-4(2)6-5(11(12,13)14)8-7(9(17)15-6)16-10(18-3)19-8/h4H,1-3H3,(H,15,17). The van der Waals surface area contributed by atoms with Crippen molar-refractivity contribution in [3.63, 3.8) is 0 Å². The number of hydrogen-bond donors (Lipinski definition) is 1. The normalized spacial score (nSPS) is 12.6. The molecule has 104 valence electrons. The molecule has 0 spiro atoms. The molecule has 0 aromatic carbocycles. The maximum absolute atomic E-state index is 13.2. The molecule has 0 aliphatic rings. The number of H-pyrrole nitrogens is 1. The van der Waals surface area contributed by atoms with Crippen LogP contribution in [0.5, 0.6) is 0 Å². The molecule has 2 aromatic rings. The van der Waals surface area contributed by atoms with Crippen molar-refractivity contribution in [3.05, 3.63) is 21.6 Å². The first-order valence-corrected chi connectivity index (χ1v) is 7.47. The summed E-state index contributed by atoms with van der Waals surface area (Å²) < 4.78 is 40.1. The fourth-order valence-electron chi connectivity index (χ4n) is 1.79. The smallest absolute Gasteiger partial charge is 0.323 e. The number of rotatable bonds is 2. The van der Waals surface area contributed by atoms with Gasteiger partial charge < -0.3 is 4.98 Å². The maximum Gasteiger partial charge on any atom is 0.419 e. The predicted octanol–water partition coefficient (Wildman–Crippen LogP) is 3.85. The van der Waals surface area contributed by atoms with Crippen molar-refractivity contribution >= 4 is 33.3 Å². The minimum absolute atomic E-state index is 0.0794. The van der Waals surface area contributed by atoms with Crippen LogP contribution in [0, 0.1) is 0 Å². The third-order valence-electron chi connectivity index (χ3n) is 2.60. The zero-order valence-electron chi connectivity index (χ0n) is 10.4. The number of nitrogens with zero attached hydrogens (tertiary/aromatic N) is 1. The molecular formula is C11H11F3N2OS2. The van der Waals surface area contributed by atoms with E-state index in [1.165, 1.54) is 11.8 Å². The van der Waals surface area contributed by atoms with Crippen LogP contribution in [-0.4, -0.2) is 16.2 Å². The van der Waals surface area contributed by atoms with Gasteiger partial charge in [-0.15, -0.1) is 11.3 Å². The molecule has 0 radical (unpaired) electrons. The molecule has 19 heavy (non-hydrogen) atoms. The zero-order chi connectivity index (χ0) is 14.4. The summed E-state index contributed by atoms with van der Waals surface area (Å²) in [6.45, 7) is 3.23. The summed E-state index contributed by atoms with van der Waals surface area (Å²) in [5.41, 5.74) is -1.55. The molecule has 0 atom stereocenters. The van der Waals surface area contributed by atoms with E-state index in [-0.39, 0.29) is 15.9 Å². The molecule has 0 saturated carbocycles. The second-order valence-corrected chi connectivity index (χ2v) is 6.31. The number of aromatic nitrogens is 2. The van der Waals surface area contributed by atoms with Gasteiger partial charge >= 0.3 is 6.18 Å². The minimum Gasteiger partial charge on any atom is -0.323 e. The van der Waals surface area contributed by atoms with Crippen molar-refractivity contribution in [1.29, 1.82) is 0 Å². The lowest BCUT2D eigenvalue weighted by atomic mass is 10.0. The Morgan fingerprint density at radius 2 is 2.00 bits per heavy atom. The van der Waals surface area contributed by atoms with Gasteiger partial charge in [-0.05, 0) is 12.2 Å². The minimum atomic E-state index is -4.51. The monoisotopic (exact) mass is 308 g/mol. The van der Waals surface area contributed by atoms with E-state index >= 15 is 0 Å². The van der Waals surface area contributed by atoms with Crippen LogP contribution in [0.3, 0.4) is 0 Å². The van der Waals surface area contributed by atoms with Gasteiger partial charge in [-0.2, -0.15) is 13.2 Å². The van der Waals surface area contributed by atoms with E-state index in [2.05, 4.69) is 9.97 Å². The predicted molar refractivity (Wildman–Crippen MR) is 71.1 cm³/mol. The summed E-state index contributed by atoms with van der Waals surface area (Å²) in [6.07, 6.45) is -2.80. The number of thioether (sulfide) groups is 1. The van der Waals surface area contributed by atoms with Crippen LogP contribution in [0.4, 0.5) is 13.2 Å². The van der Waals surface area contributed by atoms with Crippen molar-refractivity contribution in [2.24, 2.45) is 0 Å². The van der Waals surface area contributed by atoms with Crippen LogP contribution in [-0.2, 0) is 6.18 Å². The lowest BCUT2D eigenvalue weighted by Gasteiger charge is -2.15. The first-order chi connectivity index (χ1) is 8.75. The molecule has 0 aliphatic carbocycles. The molecule has 0 unspecified atom stereocenters. The fourth-order valence-corrected chi connectivity index (χ4v) is 3.43. The number of fused-ring (bicyclic) bond motifs is 1. The Hall–Kier alpha value is -1.02. The molecule has 2 rings (SSSR count). The van der Waals surface area contributed by atoms with Crippen LogP contribution in [0.25, 0.3) is 10.2 Å². The quantitative estimate of drug-likeness (QED) is 0.857. The molecule has 0 amide bonds. The third kappa shape index (κ3) is 2.51. The summed E-state index contributed by atoms with van der Waals surface area (Å²) in [4.78, 5) is 18.1. The Kier molecular flexibility index (Phi) is 3.65. The van der Waals surface area contributed by atoms with E-state index in [4.69, 9.17) is 0 Å². The van der Waals surface area contributed by atoms with Gasteiger partial charge in [-0.1, -0.05) is 25.6 Å². The molecular weight excluding hydrogens is 297 g/mol. The van der Waals surface area contributed by atoms with Crippen molar-refractivity contribution in [2.45, 2.75) is 30.3 Å². The van der Waals surface area contributed by atoms with Gasteiger partial charge in [-0.25, -0.2) is 4.98 Å². The van der Waals surface area contributed by atoms with Crippen LogP contribution in [0.1, 0.15) is 31.0 Å².